The molecule has 22 heavy (non-hydrogen) atoms. The van der Waals surface area contributed by atoms with Gasteiger partial charge in [0, 0.05) is 12.2 Å². The number of aryl methyl sites for hydroxylation is 1. The average Bonchev–Trinajstić information content (AvgIpc) is 3.24. The number of hydrogen-bond donors (Lipinski definition) is 1. The van der Waals surface area contributed by atoms with Gasteiger partial charge in [0.15, 0.2) is 5.82 Å². The quantitative estimate of drug-likeness (QED) is 0.941. The molecule has 2 bridgehead atoms. The van der Waals surface area contributed by atoms with E-state index in [1.807, 2.05) is 31.3 Å². The number of rotatable bonds is 4. The van der Waals surface area contributed by atoms with Crippen molar-refractivity contribution < 1.29 is 0 Å². The predicted octanol–water partition coefficient (Wildman–Crippen LogP) is 3.21. The fourth-order valence-corrected chi connectivity index (χ4v) is 4.31. The number of anilines is 1. The summed E-state index contributed by atoms with van der Waals surface area (Å²) < 4.78 is 1.76. The molecule has 2 heterocycles. The van der Waals surface area contributed by atoms with Crippen molar-refractivity contribution in [3.05, 3.63) is 30.1 Å². The summed E-state index contributed by atoms with van der Waals surface area (Å²) in [4.78, 5) is 0. The average molecular weight is 297 g/mol. The van der Waals surface area contributed by atoms with Crippen LogP contribution in [0.3, 0.4) is 0 Å². The molecule has 4 rings (SSSR count). The van der Waals surface area contributed by atoms with Crippen molar-refractivity contribution in [3.8, 4) is 5.82 Å². The first-order chi connectivity index (χ1) is 10.7. The number of nitrogens with one attached hydrogen (secondary N) is 1. The summed E-state index contributed by atoms with van der Waals surface area (Å²) in [6.45, 7) is 4.26. The molecule has 2 aromatic heterocycles. The Labute approximate surface area is 131 Å². The van der Waals surface area contributed by atoms with E-state index in [4.69, 9.17) is 0 Å². The molecule has 4 unspecified atom stereocenters. The van der Waals surface area contributed by atoms with Gasteiger partial charge in [-0.1, -0.05) is 6.42 Å². The van der Waals surface area contributed by atoms with E-state index in [0.717, 1.165) is 35.1 Å². The van der Waals surface area contributed by atoms with Gasteiger partial charge in [-0.2, -0.15) is 5.10 Å². The van der Waals surface area contributed by atoms with Crippen molar-refractivity contribution in [3.63, 3.8) is 0 Å². The van der Waals surface area contributed by atoms with Crippen LogP contribution in [0.4, 0.5) is 5.82 Å². The Hall–Kier alpha value is -1.91. The molecule has 1 N–H and O–H groups in total. The molecule has 5 nitrogen and oxygen atoms in total. The highest BCUT2D eigenvalue weighted by Gasteiger charge is 2.41. The van der Waals surface area contributed by atoms with Gasteiger partial charge in [0.1, 0.15) is 5.82 Å². The summed E-state index contributed by atoms with van der Waals surface area (Å²) >= 11 is 0. The standard InChI is InChI=1S/C17H23N5/c1-11-7-8-22(21-11)17-6-5-16(19-20-17)18-12(2)15-10-13-3-4-14(15)9-13/h5-8,12-15H,3-4,9-10H2,1-2H3,(H,18,19). The maximum Gasteiger partial charge on any atom is 0.175 e. The van der Waals surface area contributed by atoms with Crippen LogP contribution in [0.25, 0.3) is 5.82 Å². The summed E-state index contributed by atoms with van der Waals surface area (Å²) in [5, 5.41) is 16.5. The molecule has 2 saturated carbocycles. The zero-order valence-corrected chi connectivity index (χ0v) is 13.2. The lowest BCUT2D eigenvalue weighted by molar-refractivity contribution is 0.304. The van der Waals surface area contributed by atoms with E-state index in [1.54, 1.807) is 4.68 Å². The van der Waals surface area contributed by atoms with E-state index in [0.29, 0.717) is 6.04 Å². The highest BCUT2D eigenvalue weighted by atomic mass is 15.3. The maximum absolute atomic E-state index is 4.35. The van der Waals surface area contributed by atoms with Crippen molar-refractivity contribution in [2.75, 3.05) is 5.32 Å². The van der Waals surface area contributed by atoms with E-state index in [1.165, 1.54) is 25.7 Å². The largest absolute Gasteiger partial charge is 0.366 e. The molecule has 2 aromatic rings. The number of fused-ring (bicyclic) bond motifs is 2. The van der Waals surface area contributed by atoms with Crippen LogP contribution >= 0.6 is 0 Å². The third-order valence-corrected chi connectivity index (χ3v) is 5.42. The van der Waals surface area contributed by atoms with Crippen molar-refractivity contribution in [2.24, 2.45) is 17.8 Å². The van der Waals surface area contributed by atoms with Gasteiger partial charge in [-0.3, -0.25) is 0 Å². The zero-order valence-electron chi connectivity index (χ0n) is 13.2. The van der Waals surface area contributed by atoms with Crippen molar-refractivity contribution in [1.29, 1.82) is 0 Å². The Kier molecular flexibility index (Phi) is 3.36. The van der Waals surface area contributed by atoms with Crippen LogP contribution in [0.15, 0.2) is 24.4 Å². The van der Waals surface area contributed by atoms with E-state index in [9.17, 15) is 0 Å². The summed E-state index contributed by atoms with van der Waals surface area (Å²) in [5.41, 5.74) is 0.980. The molecule has 4 atom stereocenters. The number of aromatic nitrogens is 4. The molecular weight excluding hydrogens is 274 g/mol. The molecule has 0 aliphatic heterocycles. The minimum absolute atomic E-state index is 0.474. The highest BCUT2D eigenvalue weighted by molar-refractivity contribution is 5.37. The van der Waals surface area contributed by atoms with Crippen LogP contribution in [-0.4, -0.2) is 26.0 Å². The minimum atomic E-state index is 0.474. The van der Waals surface area contributed by atoms with E-state index < -0.39 is 0 Å². The van der Waals surface area contributed by atoms with Gasteiger partial charge in [-0.25, -0.2) is 4.68 Å². The Morgan fingerprint density at radius 2 is 2.09 bits per heavy atom. The van der Waals surface area contributed by atoms with Gasteiger partial charge >= 0.3 is 0 Å². The second-order valence-corrected chi connectivity index (χ2v) is 6.95. The first-order valence-corrected chi connectivity index (χ1v) is 8.32. The summed E-state index contributed by atoms with van der Waals surface area (Å²) in [6, 6.07) is 6.41. The van der Waals surface area contributed by atoms with Crippen molar-refractivity contribution in [1.82, 2.24) is 20.0 Å². The fourth-order valence-electron chi connectivity index (χ4n) is 4.31. The molecule has 0 spiro atoms. The number of nitrogens with zero attached hydrogens (tertiary/aromatic N) is 4. The second-order valence-electron chi connectivity index (χ2n) is 6.95. The molecule has 2 fully saturated rings. The Balaban J connectivity index is 1.43. The monoisotopic (exact) mass is 297 g/mol. The molecule has 0 aromatic carbocycles. The molecular formula is C17H23N5. The fraction of sp³-hybridized carbons (Fsp3) is 0.588. The highest BCUT2D eigenvalue weighted by Crippen LogP contribution is 2.49. The Bertz CT molecular complexity index is 647. The Morgan fingerprint density at radius 3 is 2.68 bits per heavy atom. The molecule has 2 aliphatic carbocycles. The van der Waals surface area contributed by atoms with Crippen molar-refractivity contribution >= 4 is 5.82 Å². The first-order valence-electron chi connectivity index (χ1n) is 8.32. The van der Waals surface area contributed by atoms with E-state index in [-0.39, 0.29) is 0 Å². The lowest BCUT2D eigenvalue weighted by atomic mass is 9.84. The number of hydrogen-bond acceptors (Lipinski definition) is 4. The van der Waals surface area contributed by atoms with Gasteiger partial charge in [0.25, 0.3) is 0 Å². The topological polar surface area (TPSA) is 55.6 Å². The lowest BCUT2D eigenvalue weighted by Crippen LogP contribution is -2.30. The van der Waals surface area contributed by atoms with E-state index in [2.05, 4.69) is 27.5 Å². The predicted molar refractivity (Wildman–Crippen MR) is 85.9 cm³/mol. The lowest BCUT2D eigenvalue weighted by Gasteiger charge is -2.28. The molecule has 0 saturated heterocycles. The van der Waals surface area contributed by atoms with Crippen LogP contribution in [0.2, 0.25) is 0 Å². The molecule has 0 amide bonds. The van der Waals surface area contributed by atoms with Gasteiger partial charge in [0.2, 0.25) is 0 Å². The van der Waals surface area contributed by atoms with Crippen LogP contribution in [0.5, 0.6) is 0 Å². The van der Waals surface area contributed by atoms with Gasteiger partial charge in [-0.05, 0) is 69.1 Å². The smallest absolute Gasteiger partial charge is 0.175 e. The zero-order chi connectivity index (χ0) is 15.1. The van der Waals surface area contributed by atoms with Crippen molar-refractivity contribution in [2.45, 2.75) is 45.6 Å². The SMILES string of the molecule is Cc1ccn(-c2ccc(NC(C)C3CC4CCC3C4)nn2)n1. The van der Waals surface area contributed by atoms with Crippen LogP contribution < -0.4 is 5.32 Å². The van der Waals surface area contributed by atoms with Crippen LogP contribution in [0.1, 0.15) is 38.3 Å². The third-order valence-electron chi connectivity index (χ3n) is 5.42. The summed E-state index contributed by atoms with van der Waals surface area (Å²) in [7, 11) is 0. The van der Waals surface area contributed by atoms with Crippen LogP contribution in [0, 0.1) is 24.7 Å². The first kappa shape index (κ1) is 13.7. The van der Waals surface area contributed by atoms with Gasteiger partial charge in [-0.15, -0.1) is 10.2 Å². The van der Waals surface area contributed by atoms with Crippen LogP contribution in [-0.2, 0) is 0 Å². The normalized spacial score (nSPS) is 28.0. The maximum atomic E-state index is 4.35. The molecule has 2 aliphatic rings. The summed E-state index contributed by atoms with van der Waals surface area (Å²) in [6.07, 6.45) is 7.61. The molecule has 5 heteroatoms. The molecule has 0 radical (unpaired) electrons. The second kappa shape index (κ2) is 5.38. The third kappa shape index (κ3) is 2.49. The van der Waals surface area contributed by atoms with E-state index >= 15 is 0 Å². The Morgan fingerprint density at radius 1 is 1.18 bits per heavy atom. The minimum Gasteiger partial charge on any atom is -0.366 e. The van der Waals surface area contributed by atoms with Gasteiger partial charge in [0.05, 0.1) is 5.69 Å². The summed E-state index contributed by atoms with van der Waals surface area (Å²) in [5.74, 6) is 4.32. The van der Waals surface area contributed by atoms with Gasteiger partial charge < -0.3 is 5.32 Å². The molecule has 116 valence electrons.